The highest BCUT2D eigenvalue weighted by atomic mass is 16.6. The number of hydrogen-bond acceptors (Lipinski definition) is 5. The topological polar surface area (TPSA) is 69.7 Å². The molecule has 31 heavy (non-hydrogen) atoms. The van der Waals surface area contributed by atoms with Crippen molar-refractivity contribution in [1.29, 1.82) is 0 Å². The van der Waals surface area contributed by atoms with Crippen molar-refractivity contribution < 1.29 is 19.0 Å². The number of carbonyl (C=O) groups is 1. The lowest BCUT2D eigenvalue weighted by molar-refractivity contribution is 0.0480. The quantitative estimate of drug-likeness (QED) is 0.629. The Bertz CT molecular complexity index is 934. The van der Waals surface area contributed by atoms with Crippen LogP contribution in [0.2, 0.25) is 0 Å². The molecule has 2 unspecified atom stereocenters. The smallest absolute Gasteiger partial charge is 0.407 e. The molecule has 1 N–H and O–H groups in total. The summed E-state index contributed by atoms with van der Waals surface area (Å²) in [6.07, 6.45) is 3.96. The first kappa shape index (κ1) is 22.9. The number of hydrogen-bond donors (Lipinski definition) is 1. The van der Waals surface area contributed by atoms with E-state index in [2.05, 4.69) is 30.2 Å². The second-order valence-electron chi connectivity index (χ2n) is 9.62. The van der Waals surface area contributed by atoms with E-state index in [0.29, 0.717) is 12.5 Å². The molecule has 2 atom stereocenters. The number of nitrogens with zero attached hydrogens (tertiary/aromatic N) is 1. The van der Waals surface area contributed by atoms with Crippen LogP contribution in [0.3, 0.4) is 0 Å². The van der Waals surface area contributed by atoms with Crippen molar-refractivity contribution in [1.82, 2.24) is 10.3 Å². The molecule has 0 bridgehead atoms. The molecule has 0 radical (unpaired) electrons. The summed E-state index contributed by atoms with van der Waals surface area (Å²) in [7, 11) is 0. The van der Waals surface area contributed by atoms with Crippen LogP contribution in [0.4, 0.5) is 4.79 Å². The van der Waals surface area contributed by atoms with Crippen LogP contribution in [0.25, 0.3) is 11.1 Å². The fourth-order valence-corrected chi connectivity index (χ4v) is 3.77. The Kier molecular flexibility index (Phi) is 6.77. The highest BCUT2D eigenvalue weighted by Gasteiger charge is 2.25. The third kappa shape index (κ3) is 5.90. The van der Waals surface area contributed by atoms with E-state index in [0.717, 1.165) is 40.2 Å². The maximum atomic E-state index is 12.3. The van der Waals surface area contributed by atoms with Gasteiger partial charge in [0.05, 0.1) is 6.04 Å². The standard InChI is InChI=1S/C25H34N2O4/c1-15(2)10-18(27-24(28)31-25(5,6)7)14-29-22-12-23-20(11-16(22)3)19-8-9-26-13-21(19)17(4)30-23/h8-9,11-13,15,17-18H,10,14H2,1-7H3,(H,27,28). The number of benzene rings is 1. The Morgan fingerprint density at radius 1 is 1.26 bits per heavy atom. The van der Waals surface area contributed by atoms with Gasteiger partial charge < -0.3 is 19.5 Å². The van der Waals surface area contributed by atoms with Crippen molar-refractivity contribution in [3.8, 4) is 22.6 Å². The summed E-state index contributed by atoms with van der Waals surface area (Å²) in [6, 6.07) is 5.91. The van der Waals surface area contributed by atoms with Crippen molar-refractivity contribution in [2.45, 2.75) is 72.6 Å². The number of fused-ring (bicyclic) bond motifs is 3. The molecule has 6 heteroatoms. The van der Waals surface area contributed by atoms with Gasteiger partial charge in [0.15, 0.2) is 0 Å². The van der Waals surface area contributed by atoms with E-state index >= 15 is 0 Å². The number of nitrogens with one attached hydrogen (secondary N) is 1. The SMILES string of the molecule is Cc1cc2c(cc1OCC(CC(C)C)NC(=O)OC(C)(C)C)OC(C)c1cnccc1-2. The summed E-state index contributed by atoms with van der Waals surface area (Å²) >= 11 is 0. The summed E-state index contributed by atoms with van der Waals surface area (Å²) < 4.78 is 17.7. The Hall–Kier alpha value is -2.76. The second-order valence-corrected chi connectivity index (χ2v) is 9.62. The summed E-state index contributed by atoms with van der Waals surface area (Å²) in [6.45, 7) is 14.2. The number of aromatic nitrogens is 1. The van der Waals surface area contributed by atoms with Gasteiger partial charge in [-0.15, -0.1) is 0 Å². The molecule has 1 aromatic carbocycles. The first-order chi connectivity index (χ1) is 14.5. The molecule has 2 heterocycles. The number of aryl methyl sites for hydroxylation is 1. The Labute approximate surface area is 185 Å². The summed E-state index contributed by atoms with van der Waals surface area (Å²) in [5.41, 5.74) is 3.75. The average Bonchev–Trinajstić information content (AvgIpc) is 2.65. The van der Waals surface area contributed by atoms with E-state index in [1.54, 1.807) is 6.20 Å². The maximum absolute atomic E-state index is 12.3. The fourth-order valence-electron chi connectivity index (χ4n) is 3.77. The van der Waals surface area contributed by atoms with E-state index in [4.69, 9.17) is 14.2 Å². The van der Waals surface area contributed by atoms with Gasteiger partial charge in [0.2, 0.25) is 0 Å². The van der Waals surface area contributed by atoms with Crippen LogP contribution in [-0.4, -0.2) is 29.3 Å². The van der Waals surface area contributed by atoms with Crippen molar-refractivity contribution >= 4 is 6.09 Å². The van der Waals surface area contributed by atoms with Gasteiger partial charge in [0, 0.05) is 29.6 Å². The van der Waals surface area contributed by atoms with Gasteiger partial charge in [-0.05, 0) is 70.2 Å². The van der Waals surface area contributed by atoms with Gasteiger partial charge >= 0.3 is 6.09 Å². The fraction of sp³-hybridized carbons (Fsp3) is 0.520. The predicted molar refractivity (Wildman–Crippen MR) is 122 cm³/mol. The number of rotatable bonds is 6. The minimum absolute atomic E-state index is 0.0747. The van der Waals surface area contributed by atoms with Gasteiger partial charge in [0.1, 0.15) is 29.8 Å². The minimum atomic E-state index is -0.539. The lowest BCUT2D eigenvalue weighted by Gasteiger charge is -2.28. The molecule has 0 saturated carbocycles. The molecule has 1 aliphatic rings. The molecule has 0 saturated heterocycles. The van der Waals surface area contributed by atoms with E-state index in [1.165, 1.54) is 0 Å². The van der Waals surface area contributed by atoms with Gasteiger partial charge in [-0.3, -0.25) is 4.98 Å². The van der Waals surface area contributed by atoms with Crippen molar-refractivity contribution in [2.24, 2.45) is 5.92 Å². The zero-order valence-electron chi connectivity index (χ0n) is 19.6. The molecule has 0 spiro atoms. The van der Waals surface area contributed by atoms with Crippen molar-refractivity contribution in [3.63, 3.8) is 0 Å². The average molecular weight is 427 g/mol. The van der Waals surface area contributed by atoms with E-state index in [1.807, 2.05) is 52.9 Å². The lowest BCUT2D eigenvalue weighted by atomic mass is 9.94. The van der Waals surface area contributed by atoms with Crippen LogP contribution in [0, 0.1) is 12.8 Å². The lowest BCUT2D eigenvalue weighted by Crippen LogP contribution is -2.42. The molecule has 3 rings (SSSR count). The van der Waals surface area contributed by atoms with Crippen molar-refractivity contribution in [3.05, 3.63) is 41.7 Å². The maximum Gasteiger partial charge on any atom is 0.407 e. The molecule has 2 aromatic rings. The molecule has 1 aromatic heterocycles. The first-order valence-corrected chi connectivity index (χ1v) is 10.9. The zero-order chi connectivity index (χ0) is 22.8. The van der Waals surface area contributed by atoms with Crippen LogP contribution in [0.1, 0.15) is 65.2 Å². The molecule has 168 valence electrons. The molecule has 6 nitrogen and oxygen atoms in total. The van der Waals surface area contributed by atoms with E-state index in [-0.39, 0.29) is 12.1 Å². The molecule has 0 fully saturated rings. The van der Waals surface area contributed by atoms with Gasteiger partial charge in [0.25, 0.3) is 0 Å². The normalized spacial score (nSPS) is 16.1. The summed E-state index contributed by atoms with van der Waals surface area (Å²) in [5.74, 6) is 1.96. The molecule has 1 aliphatic heterocycles. The number of ether oxygens (including phenoxy) is 3. The molecule has 0 aliphatic carbocycles. The Morgan fingerprint density at radius 2 is 2.00 bits per heavy atom. The summed E-state index contributed by atoms with van der Waals surface area (Å²) in [4.78, 5) is 16.5. The highest BCUT2D eigenvalue weighted by molar-refractivity contribution is 5.77. The molecular formula is C25H34N2O4. The molecular weight excluding hydrogens is 392 g/mol. The Morgan fingerprint density at radius 3 is 2.68 bits per heavy atom. The largest absolute Gasteiger partial charge is 0.491 e. The minimum Gasteiger partial charge on any atom is -0.491 e. The van der Waals surface area contributed by atoms with Crippen LogP contribution >= 0.6 is 0 Å². The van der Waals surface area contributed by atoms with Crippen LogP contribution in [0.5, 0.6) is 11.5 Å². The van der Waals surface area contributed by atoms with Gasteiger partial charge in [-0.2, -0.15) is 0 Å². The van der Waals surface area contributed by atoms with Crippen molar-refractivity contribution in [2.75, 3.05) is 6.61 Å². The van der Waals surface area contributed by atoms with Gasteiger partial charge in [-0.25, -0.2) is 4.79 Å². The predicted octanol–water partition coefficient (Wildman–Crippen LogP) is 5.83. The number of carbonyl (C=O) groups excluding carboxylic acids is 1. The van der Waals surface area contributed by atoms with Crippen LogP contribution in [-0.2, 0) is 4.74 Å². The molecule has 1 amide bonds. The first-order valence-electron chi connectivity index (χ1n) is 10.9. The third-order valence-electron chi connectivity index (χ3n) is 5.08. The number of pyridine rings is 1. The van der Waals surface area contributed by atoms with Gasteiger partial charge in [-0.1, -0.05) is 13.8 Å². The zero-order valence-corrected chi connectivity index (χ0v) is 19.6. The Balaban J connectivity index is 1.76. The van der Waals surface area contributed by atoms with Crippen LogP contribution in [0.15, 0.2) is 30.6 Å². The number of amides is 1. The summed E-state index contributed by atoms with van der Waals surface area (Å²) in [5, 5.41) is 2.95. The monoisotopic (exact) mass is 426 g/mol. The van der Waals surface area contributed by atoms with E-state index in [9.17, 15) is 4.79 Å². The highest BCUT2D eigenvalue weighted by Crippen LogP contribution is 2.44. The third-order valence-corrected chi connectivity index (χ3v) is 5.08. The van der Waals surface area contributed by atoms with E-state index < -0.39 is 11.7 Å². The number of alkyl carbamates (subject to hydrolysis) is 1. The second kappa shape index (κ2) is 9.16. The van der Waals surface area contributed by atoms with Crippen LogP contribution < -0.4 is 14.8 Å².